The van der Waals surface area contributed by atoms with Crippen LogP contribution in [0, 0.1) is 0 Å². The number of amides is 2. The van der Waals surface area contributed by atoms with Gasteiger partial charge in [0.2, 0.25) is 0 Å². The van der Waals surface area contributed by atoms with E-state index < -0.39 is 5.97 Å². The number of carboxylic acids is 1. The first-order chi connectivity index (χ1) is 9.00. The van der Waals surface area contributed by atoms with Crippen molar-refractivity contribution in [1.29, 1.82) is 0 Å². The van der Waals surface area contributed by atoms with Crippen molar-refractivity contribution in [2.75, 3.05) is 20.2 Å². The zero-order valence-electron chi connectivity index (χ0n) is 11.5. The Bertz CT molecular complexity index is 361. The zero-order chi connectivity index (χ0) is 14.0. The first kappa shape index (κ1) is 14.1. The van der Waals surface area contributed by atoms with Crippen molar-refractivity contribution < 1.29 is 19.4 Å². The van der Waals surface area contributed by atoms with E-state index in [-0.39, 0.29) is 30.6 Å². The van der Waals surface area contributed by atoms with Crippen LogP contribution in [-0.2, 0) is 9.53 Å². The van der Waals surface area contributed by atoms with E-state index in [1.807, 2.05) is 6.92 Å². The molecule has 0 saturated carbocycles. The van der Waals surface area contributed by atoms with Crippen LogP contribution in [0.4, 0.5) is 4.79 Å². The summed E-state index contributed by atoms with van der Waals surface area (Å²) < 4.78 is 5.48. The number of hydrogen-bond acceptors (Lipinski definition) is 3. The molecule has 0 aromatic carbocycles. The largest absolute Gasteiger partial charge is 0.481 e. The lowest BCUT2D eigenvalue weighted by atomic mass is 10.1. The second kappa shape index (κ2) is 5.77. The van der Waals surface area contributed by atoms with Gasteiger partial charge in [-0.1, -0.05) is 0 Å². The van der Waals surface area contributed by atoms with E-state index in [4.69, 9.17) is 9.84 Å². The lowest BCUT2D eigenvalue weighted by Crippen LogP contribution is -2.50. The number of carboxylic acid groups (broad SMARTS) is 1. The van der Waals surface area contributed by atoms with Crippen LogP contribution in [-0.4, -0.2) is 65.3 Å². The molecule has 0 spiro atoms. The Morgan fingerprint density at radius 2 is 2.16 bits per heavy atom. The predicted molar refractivity (Wildman–Crippen MR) is 69.0 cm³/mol. The smallest absolute Gasteiger partial charge is 0.320 e. The number of likely N-dealkylation sites (N-methyl/N-ethyl adjacent to an activating group) is 1. The van der Waals surface area contributed by atoms with Crippen molar-refractivity contribution in [3.05, 3.63) is 0 Å². The third kappa shape index (κ3) is 3.00. The molecule has 2 aliphatic rings. The molecule has 2 aliphatic heterocycles. The normalized spacial score (nSPS) is 30.6. The fraction of sp³-hybridized carbons (Fsp3) is 0.846. The minimum atomic E-state index is -0.843. The van der Waals surface area contributed by atoms with Crippen LogP contribution in [0.25, 0.3) is 0 Å². The summed E-state index contributed by atoms with van der Waals surface area (Å²) in [6.07, 6.45) is 2.60. The molecule has 6 heteroatoms. The van der Waals surface area contributed by atoms with Crippen LogP contribution in [0.5, 0.6) is 0 Å². The summed E-state index contributed by atoms with van der Waals surface area (Å²) >= 11 is 0. The van der Waals surface area contributed by atoms with Crippen LogP contribution in [0.2, 0.25) is 0 Å². The highest BCUT2D eigenvalue weighted by Crippen LogP contribution is 2.25. The standard InChI is InChI=1S/C13H22N2O4/c1-9-11(5-7-19-9)14(2)13(18)15-6-3-4-10(15)8-12(16)17/h9-11H,3-8H2,1-2H3,(H,16,17). The molecule has 3 atom stereocenters. The SMILES string of the molecule is CC1OCCC1N(C)C(=O)N1CCCC1CC(=O)O. The van der Waals surface area contributed by atoms with Gasteiger partial charge in [0.05, 0.1) is 18.6 Å². The molecule has 2 heterocycles. The Hall–Kier alpha value is -1.30. The summed E-state index contributed by atoms with van der Waals surface area (Å²) in [6, 6.07) is -0.130. The second-order valence-corrected chi connectivity index (χ2v) is 5.41. The predicted octanol–water partition coefficient (Wildman–Crippen LogP) is 1.15. The molecule has 2 amide bonds. The van der Waals surface area contributed by atoms with Gasteiger partial charge in [0.1, 0.15) is 0 Å². The molecule has 3 unspecified atom stereocenters. The van der Waals surface area contributed by atoms with E-state index in [1.165, 1.54) is 0 Å². The Balaban J connectivity index is 1.99. The summed E-state index contributed by atoms with van der Waals surface area (Å²) in [7, 11) is 1.79. The van der Waals surface area contributed by atoms with Crippen molar-refractivity contribution in [2.45, 2.75) is 50.8 Å². The average Bonchev–Trinajstić information content (AvgIpc) is 2.95. The lowest BCUT2D eigenvalue weighted by Gasteiger charge is -2.33. The molecule has 2 fully saturated rings. The van der Waals surface area contributed by atoms with E-state index in [0.29, 0.717) is 13.2 Å². The second-order valence-electron chi connectivity index (χ2n) is 5.41. The summed E-state index contributed by atoms with van der Waals surface area (Å²) in [6.45, 7) is 3.31. The highest BCUT2D eigenvalue weighted by Gasteiger charge is 2.37. The lowest BCUT2D eigenvalue weighted by molar-refractivity contribution is -0.138. The highest BCUT2D eigenvalue weighted by atomic mass is 16.5. The number of likely N-dealkylation sites (tertiary alicyclic amines) is 1. The van der Waals surface area contributed by atoms with Crippen molar-refractivity contribution >= 4 is 12.0 Å². The van der Waals surface area contributed by atoms with E-state index >= 15 is 0 Å². The van der Waals surface area contributed by atoms with Gasteiger partial charge in [-0.05, 0) is 26.2 Å². The van der Waals surface area contributed by atoms with E-state index in [2.05, 4.69) is 0 Å². The Labute approximate surface area is 113 Å². The van der Waals surface area contributed by atoms with Gasteiger partial charge in [0, 0.05) is 26.2 Å². The van der Waals surface area contributed by atoms with Gasteiger partial charge < -0.3 is 19.6 Å². The summed E-state index contributed by atoms with van der Waals surface area (Å²) in [4.78, 5) is 26.7. The molecule has 0 aliphatic carbocycles. The van der Waals surface area contributed by atoms with Crippen LogP contribution in [0.15, 0.2) is 0 Å². The average molecular weight is 270 g/mol. The Kier molecular flexibility index (Phi) is 4.29. The molecular weight excluding hydrogens is 248 g/mol. The maximum Gasteiger partial charge on any atom is 0.320 e. The number of nitrogens with zero attached hydrogens (tertiary/aromatic N) is 2. The minimum absolute atomic E-state index is 0.0380. The molecule has 2 saturated heterocycles. The van der Waals surface area contributed by atoms with Gasteiger partial charge in [0.25, 0.3) is 0 Å². The number of hydrogen-bond donors (Lipinski definition) is 1. The maximum atomic E-state index is 12.5. The van der Waals surface area contributed by atoms with E-state index in [9.17, 15) is 9.59 Å². The van der Waals surface area contributed by atoms with E-state index in [1.54, 1.807) is 16.8 Å². The topological polar surface area (TPSA) is 70.1 Å². The molecule has 1 N–H and O–H groups in total. The molecule has 0 aromatic heterocycles. The monoisotopic (exact) mass is 270 g/mol. The third-order valence-electron chi connectivity index (χ3n) is 4.17. The molecule has 0 aromatic rings. The molecule has 108 valence electrons. The van der Waals surface area contributed by atoms with Crippen molar-refractivity contribution in [1.82, 2.24) is 9.80 Å². The molecule has 19 heavy (non-hydrogen) atoms. The number of rotatable bonds is 3. The molecule has 0 radical (unpaired) electrons. The van der Waals surface area contributed by atoms with Crippen molar-refractivity contribution in [3.8, 4) is 0 Å². The number of carbonyl (C=O) groups excluding carboxylic acids is 1. The van der Waals surface area contributed by atoms with Crippen LogP contribution in [0.1, 0.15) is 32.6 Å². The van der Waals surface area contributed by atoms with Crippen LogP contribution < -0.4 is 0 Å². The maximum absolute atomic E-state index is 12.5. The first-order valence-corrected chi connectivity index (χ1v) is 6.87. The van der Waals surface area contributed by atoms with Gasteiger partial charge in [0.15, 0.2) is 0 Å². The summed E-state index contributed by atoms with van der Waals surface area (Å²) in [5.41, 5.74) is 0. The fourth-order valence-corrected chi connectivity index (χ4v) is 3.07. The van der Waals surface area contributed by atoms with Crippen LogP contribution >= 0.6 is 0 Å². The van der Waals surface area contributed by atoms with Gasteiger partial charge >= 0.3 is 12.0 Å². The number of aliphatic carboxylic acids is 1. The zero-order valence-corrected chi connectivity index (χ0v) is 11.5. The van der Waals surface area contributed by atoms with Crippen molar-refractivity contribution in [3.63, 3.8) is 0 Å². The Morgan fingerprint density at radius 3 is 2.74 bits per heavy atom. The molecular formula is C13H22N2O4. The minimum Gasteiger partial charge on any atom is -0.481 e. The van der Waals surface area contributed by atoms with Gasteiger partial charge in [-0.3, -0.25) is 4.79 Å². The summed E-state index contributed by atoms with van der Waals surface area (Å²) in [5.74, 6) is -0.843. The summed E-state index contributed by atoms with van der Waals surface area (Å²) in [5, 5.41) is 8.89. The fourth-order valence-electron chi connectivity index (χ4n) is 3.07. The van der Waals surface area contributed by atoms with Gasteiger partial charge in [-0.15, -0.1) is 0 Å². The van der Waals surface area contributed by atoms with E-state index in [0.717, 1.165) is 19.3 Å². The molecule has 2 rings (SSSR count). The highest BCUT2D eigenvalue weighted by molar-refractivity contribution is 5.76. The number of ether oxygens (including phenoxy) is 1. The third-order valence-corrected chi connectivity index (χ3v) is 4.17. The number of carbonyl (C=O) groups is 2. The van der Waals surface area contributed by atoms with Gasteiger partial charge in [-0.25, -0.2) is 4.79 Å². The first-order valence-electron chi connectivity index (χ1n) is 6.87. The van der Waals surface area contributed by atoms with Crippen molar-refractivity contribution in [2.24, 2.45) is 0 Å². The Morgan fingerprint density at radius 1 is 1.42 bits per heavy atom. The van der Waals surface area contributed by atoms with Gasteiger partial charge in [-0.2, -0.15) is 0 Å². The number of urea groups is 1. The quantitative estimate of drug-likeness (QED) is 0.835. The van der Waals surface area contributed by atoms with Crippen LogP contribution in [0.3, 0.4) is 0 Å². The molecule has 0 bridgehead atoms. The molecule has 6 nitrogen and oxygen atoms in total.